The van der Waals surface area contributed by atoms with Crippen LogP contribution in [-0.4, -0.2) is 16.8 Å². The molecule has 1 unspecified atom stereocenters. The van der Waals surface area contributed by atoms with Crippen LogP contribution in [0.4, 0.5) is 0 Å². The van der Waals surface area contributed by atoms with Gasteiger partial charge >= 0.3 is 0 Å². The number of hydrogen-bond acceptors (Lipinski definition) is 1. The van der Waals surface area contributed by atoms with Gasteiger partial charge in [0, 0.05) is 10.6 Å². The van der Waals surface area contributed by atoms with Crippen LogP contribution in [0, 0.1) is 0 Å². The number of thioether (sulfide) groups is 1. The fourth-order valence-corrected chi connectivity index (χ4v) is 2.79. The van der Waals surface area contributed by atoms with E-state index in [9.17, 15) is 0 Å². The lowest BCUT2D eigenvalue weighted by molar-refractivity contribution is 0.582. The number of unbranched alkanes of at least 4 members (excludes halogenated alkanes) is 4. The Morgan fingerprint density at radius 2 is 1.64 bits per heavy atom. The zero-order valence-corrected chi connectivity index (χ0v) is 12.1. The maximum atomic E-state index is 3.50. The minimum atomic E-state index is 0.911. The molecule has 0 radical (unpaired) electrons. The topological polar surface area (TPSA) is 0 Å². The van der Waals surface area contributed by atoms with E-state index in [1.165, 1.54) is 56.7 Å². The van der Waals surface area contributed by atoms with Crippen molar-refractivity contribution in [1.29, 1.82) is 0 Å². The summed E-state index contributed by atoms with van der Waals surface area (Å²) in [7, 11) is 0. The first-order valence-corrected chi connectivity index (χ1v) is 8.34. The van der Waals surface area contributed by atoms with Crippen LogP contribution in [0.5, 0.6) is 0 Å². The van der Waals surface area contributed by atoms with Gasteiger partial charge in [-0.3, -0.25) is 0 Å². The van der Waals surface area contributed by atoms with Crippen LogP contribution in [0.3, 0.4) is 0 Å². The minimum absolute atomic E-state index is 0.911. The van der Waals surface area contributed by atoms with E-state index in [0.29, 0.717) is 0 Å². The van der Waals surface area contributed by atoms with E-state index in [0.717, 1.165) is 5.25 Å². The molecule has 0 rings (SSSR count). The molecule has 0 spiro atoms. The SMILES string of the molecule is CCCCCCCC(CCCBr)SC. The van der Waals surface area contributed by atoms with E-state index in [1.54, 1.807) is 0 Å². The van der Waals surface area contributed by atoms with Crippen LogP contribution >= 0.6 is 27.7 Å². The van der Waals surface area contributed by atoms with Gasteiger partial charge in [-0.25, -0.2) is 0 Å². The molecule has 14 heavy (non-hydrogen) atoms. The van der Waals surface area contributed by atoms with E-state index in [1.807, 2.05) is 0 Å². The number of hydrogen-bond donors (Lipinski definition) is 0. The summed E-state index contributed by atoms with van der Waals surface area (Å²) in [5, 5.41) is 2.08. The van der Waals surface area contributed by atoms with E-state index in [2.05, 4.69) is 40.9 Å². The molecule has 2 heteroatoms. The first-order chi connectivity index (χ1) is 6.85. The van der Waals surface area contributed by atoms with Gasteiger partial charge in [-0.2, -0.15) is 11.8 Å². The Morgan fingerprint density at radius 1 is 1.00 bits per heavy atom. The summed E-state index contributed by atoms with van der Waals surface area (Å²) in [6.07, 6.45) is 13.5. The molecule has 0 aliphatic rings. The zero-order valence-electron chi connectivity index (χ0n) is 9.73. The normalized spacial score (nSPS) is 13.1. The van der Waals surface area contributed by atoms with E-state index in [-0.39, 0.29) is 0 Å². The predicted octanol–water partition coefficient (Wildman–Crippen LogP) is 5.25. The summed E-state index contributed by atoms with van der Waals surface area (Å²) in [5.41, 5.74) is 0. The van der Waals surface area contributed by atoms with Gasteiger partial charge in [0.2, 0.25) is 0 Å². The van der Waals surface area contributed by atoms with Crippen molar-refractivity contribution in [3.63, 3.8) is 0 Å². The van der Waals surface area contributed by atoms with Crippen molar-refractivity contribution in [1.82, 2.24) is 0 Å². The summed E-state index contributed by atoms with van der Waals surface area (Å²) in [6.45, 7) is 2.28. The van der Waals surface area contributed by atoms with Crippen LogP contribution in [0.15, 0.2) is 0 Å². The van der Waals surface area contributed by atoms with Crippen LogP contribution in [0.25, 0.3) is 0 Å². The average Bonchev–Trinajstić information content (AvgIpc) is 2.22. The van der Waals surface area contributed by atoms with E-state index >= 15 is 0 Å². The fourth-order valence-electron chi connectivity index (χ4n) is 1.66. The Hall–Kier alpha value is 0.830. The molecule has 1 atom stereocenters. The third-order valence-electron chi connectivity index (χ3n) is 2.62. The lowest BCUT2D eigenvalue weighted by atomic mass is 10.1. The molecule has 0 aromatic rings. The smallest absolute Gasteiger partial charge is 0.00445 e. The van der Waals surface area contributed by atoms with Gasteiger partial charge < -0.3 is 0 Å². The van der Waals surface area contributed by atoms with Gasteiger partial charge in [-0.05, 0) is 25.5 Å². The number of halogens is 1. The molecule has 0 aliphatic carbocycles. The van der Waals surface area contributed by atoms with Crippen LogP contribution in [-0.2, 0) is 0 Å². The predicted molar refractivity (Wildman–Crippen MR) is 73.7 cm³/mol. The summed E-state index contributed by atoms with van der Waals surface area (Å²) in [4.78, 5) is 0. The molecule has 0 aromatic carbocycles. The second-order valence-electron chi connectivity index (χ2n) is 3.89. The highest BCUT2D eigenvalue weighted by Crippen LogP contribution is 2.20. The number of rotatable bonds is 10. The maximum Gasteiger partial charge on any atom is 0.00445 e. The molecule has 86 valence electrons. The molecule has 0 aliphatic heterocycles. The highest BCUT2D eigenvalue weighted by molar-refractivity contribution is 9.09. The summed E-state index contributed by atoms with van der Waals surface area (Å²) >= 11 is 5.55. The molecule has 0 heterocycles. The monoisotopic (exact) mass is 280 g/mol. The molecule has 0 nitrogen and oxygen atoms in total. The highest BCUT2D eigenvalue weighted by Gasteiger charge is 2.05. The maximum absolute atomic E-state index is 3.50. The Labute approximate surface area is 103 Å². The molecule has 0 saturated heterocycles. The van der Waals surface area contributed by atoms with Crippen molar-refractivity contribution in [2.24, 2.45) is 0 Å². The summed E-state index contributed by atoms with van der Waals surface area (Å²) < 4.78 is 0. The highest BCUT2D eigenvalue weighted by atomic mass is 79.9. The molecule has 0 N–H and O–H groups in total. The van der Waals surface area contributed by atoms with Crippen LogP contribution in [0.2, 0.25) is 0 Å². The van der Waals surface area contributed by atoms with E-state index < -0.39 is 0 Å². The third-order valence-corrected chi connectivity index (χ3v) is 4.32. The fraction of sp³-hybridized carbons (Fsp3) is 1.00. The second-order valence-corrected chi connectivity index (χ2v) is 5.82. The minimum Gasteiger partial charge on any atom is -0.162 e. The largest absolute Gasteiger partial charge is 0.162 e. The van der Waals surface area contributed by atoms with Gasteiger partial charge in [0.05, 0.1) is 0 Å². The Kier molecular flexibility index (Phi) is 12.6. The standard InChI is InChI=1S/C12H25BrS/c1-3-4-5-6-7-9-12(14-2)10-8-11-13/h12H,3-11H2,1-2H3. The molecule has 0 amide bonds. The Balaban J connectivity index is 3.24. The molecular formula is C12H25BrS. The van der Waals surface area contributed by atoms with Crippen molar-refractivity contribution in [2.75, 3.05) is 11.6 Å². The Bertz CT molecular complexity index is 106. The number of alkyl halides is 1. The van der Waals surface area contributed by atoms with Crippen molar-refractivity contribution >= 4 is 27.7 Å². The summed E-state index contributed by atoms with van der Waals surface area (Å²) in [6, 6.07) is 0. The van der Waals surface area contributed by atoms with Crippen molar-refractivity contribution in [3.8, 4) is 0 Å². The second kappa shape index (κ2) is 11.9. The van der Waals surface area contributed by atoms with Gasteiger partial charge in [0.25, 0.3) is 0 Å². The lowest BCUT2D eigenvalue weighted by Gasteiger charge is -2.13. The quantitative estimate of drug-likeness (QED) is 0.389. The Morgan fingerprint density at radius 3 is 2.21 bits per heavy atom. The molecule has 0 aromatic heterocycles. The third kappa shape index (κ3) is 9.39. The van der Waals surface area contributed by atoms with Crippen LogP contribution in [0.1, 0.15) is 58.3 Å². The van der Waals surface area contributed by atoms with Crippen molar-refractivity contribution in [2.45, 2.75) is 63.5 Å². The molecular weight excluding hydrogens is 256 g/mol. The van der Waals surface area contributed by atoms with Gasteiger partial charge in [0.15, 0.2) is 0 Å². The molecule has 0 fully saturated rings. The lowest BCUT2D eigenvalue weighted by Crippen LogP contribution is -2.02. The summed E-state index contributed by atoms with van der Waals surface area (Å²) in [5.74, 6) is 0. The van der Waals surface area contributed by atoms with Gasteiger partial charge in [-0.1, -0.05) is 55.0 Å². The average molecular weight is 281 g/mol. The molecule has 0 bridgehead atoms. The van der Waals surface area contributed by atoms with Crippen molar-refractivity contribution in [3.05, 3.63) is 0 Å². The van der Waals surface area contributed by atoms with Crippen LogP contribution < -0.4 is 0 Å². The van der Waals surface area contributed by atoms with Gasteiger partial charge in [-0.15, -0.1) is 0 Å². The zero-order chi connectivity index (χ0) is 10.6. The van der Waals surface area contributed by atoms with Gasteiger partial charge in [0.1, 0.15) is 0 Å². The first kappa shape index (κ1) is 14.8. The first-order valence-electron chi connectivity index (χ1n) is 5.93. The van der Waals surface area contributed by atoms with E-state index in [4.69, 9.17) is 0 Å². The van der Waals surface area contributed by atoms with Crippen molar-refractivity contribution < 1.29 is 0 Å². The molecule has 0 saturated carbocycles.